The number of fused-ring (bicyclic) bond motifs is 3. The Bertz CT molecular complexity index is 1100. The van der Waals surface area contributed by atoms with Gasteiger partial charge in [-0.1, -0.05) is 27.7 Å². The maximum atomic E-state index is 13.0. The highest BCUT2D eigenvalue weighted by Crippen LogP contribution is 2.71. The lowest BCUT2D eigenvalue weighted by atomic mass is 9.43. The topological polar surface area (TPSA) is 224 Å². The summed E-state index contributed by atoms with van der Waals surface area (Å²) in [5.74, 6) is -1.82. The van der Waals surface area contributed by atoms with E-state index in [9.17, 15) is 35.4 Å². The van der Waals surface area contributed by atoms with Crippen LogP contribution in [0.15, 0.2) is 0 Å². The Morgan fingerprint density at radius 2 is 1.71 bits per heavy atom. The lowest BCUT2D eigenvalue weighted by Gasteiger charge is -2.62. The van der Waals surface area contributed by atoms with E-state index in [2.05, 4.69) is 32.6 Å². The summed E-state index contributed by atoms with van der Waals surface area (Å²) in [7, 11) is 0. The molecule has 1 heterocycles. The van der Waals surface area contributed by atoms with Gasteiger partial charge in [-0.25, -0.2) is 0 Å². The van der Waals surface area contributed by atoms with E-state index in [1.807, 2.05) is 13.8 Å². The highest BCUT2D eigenvalue weighted by Gasteiger charge is 2.67. The minimum absolute atomic E-state index is 0.00978. The van der Waals surface area contributed by atoms with Crippen molar-refractivity contribution in [3.05, 3.63) is 0 Å². The fourth-order valence-corrected chi connectivity index (χ4v) is 10.8. The van der Waals surface area contributed by atoms with E-state index >= 15 is 0 Å². The predicted octanol–water partition coefficient (Wildman–Crippen LogP) is 1.71. The largest absolute Gasteiger partial charge is 0.691 e. The first-order valence-electron chi connectivity index (χ1n) is 16.5. The van der Waals surface area contributed by atoms with Crippen LogP contribution < -0.4 is 10.5 Å². The normalized spacial score (nSPS) is 43.9. The fourth-order valence-electron chi connectivity index (χ4n) is 10.1. The summed E-state index contributed by atoms with van der Waals surface area (Å²) in [6.45, 7) is 7.22. The lowest BCUT2D eigenvalue weighted by Crippen LogP contribution is -2.63. The molecular formula is C30H46O16S2-2. The predicted molar refractivity (Wildman–Crippen MR) is 159 cm³/mol. The summed E-state index contributed by atoms with van der Waals surface area (Å²) < 4.78 is 38.1. The third-order valence-corrected chi connectivity index (χ3v) is 12.7. The lowest BCUT2D eigenvalue weighted by molar-refractivity contribution is -0.778. The van der Waals surface area contributed by atoms with Gasteiger partial charge in [0.1, 0.15) is 18.3 Å². The summed E-state index contributed by atoms with van der Waals surface area (Å²) in [5, 5.41) is 60.0. The zero-order valence-corrected chi connectivity index (χ0v) is 29.0. The van der Waals surface area contributed by atoms with Crippen LogP contribution in [-0.4, -0.2) is 76.8 Å². The molecule has 0 aromatic rings. The monoisotopic (exact) mass is 726 g/mol. The van der Waals surface area contributed by atoms with Crippen LogP contribution in [0.3, 0.4) is 0 Å². The highest BCUT2D eigenvalue weighted by molar-refractivity contribution is 7.90. The Hall–Kier alpha value is -0.840. The number of carbonyl (C=O) groups is 2. The van der Waals surface area contributed by atoms with Crippen molar-refractivity contribution in [3.63, 3.8) is 0 Å². The number of esters is 1. The molecule has 5 rings (SSSR count). The summed E-state index contributed by atoms with van der Waals surface area (Å²) in [5.41, 5.74) is -0.771. The van der Waals surface area contributed by atoms with Gasteiger partial charge >= 0.3 is 11.9 Å². The number of hydrogen-bond donors (Lipinski definition) is 3. The molecule has 0 aromatic carbocycles. The Labute approximate surface area is 287 Å². The van der Waals surface area contributed by atoms with E-state index in [-0.39, 0.29) is 66.6 Å². The van der Waals surface area contributed by atoms with Gasteiger partial charge in [0.05, 0.1) is 24.7 Å². The van der Waals surface area contributed by atoms with Crippen molar-refractivity contribution in [2.45, 2.75) is 122 Å². The molecule has 1 spiro atoms. The second kappa shape index (κ2) is 16.2. The SMILES string of the molecule is CC(C)CC(=O)OC1[C@@H](OC2CC(C(=O)O)C3CCC45CC(CCC4C3(C)C2)C(C)[C@@H]5O)OC(CO)[C@@H](OSOO[O-])[C@H]1OSOO[O-]. The van der Waals surface area contributed by atoms with Crippen molar-refractivity contribution < 1.29 is 76.7 Å². The number of carbonyl (C=O) groups excluding carboxylic acids is 1. The third-order valence-electron chi connectivity index (χ3n) is 11.9. The Kier molecular flexibility index (Phi) is 13.0. The number of aliphatic carboxylic acids is 1. The number of aliphatic hydroxyl groups is 2. The van der Waals surface area contributed by atoms with Crippen LogP contribution in [0, 0.1) is 46.3 Å². The van der Waals surface area contributed by atoms with E-state index in [1.54, 1.807) is 0 Å². The first-order chi connectivity index (χ1) is 22.9. The van der Waals surface area contributed by atoms with Crippen LogP contribution in [-0.2, 0) is 50.9 Å². The zero-order chi connectivity index (χ0) is 34.8. The van der Waals surface area contributed by atoms with Gasteiger partial charge in [0.15, 0.2) is 37.0 Å². The molecule has 18 heteroatoms. The second-order valence-electron chi connectivity index (χ2n) is 14.7. The molecule has 2 bridgehead atoms. The summed E-state index contributed by atoms with van der Waals surface area (Å²) in [6, 6.07) is 0. The molecular weight excluding hydrogens is 680 g/mol. The van der Waals surface area contributed by atoms with Crippen molar-refractivity contribution in [2.24, 2.45) is 46.3 Å². The van der Waals surface area contributed by atoms with E-state index in [0.717, 1.165) is 25.7 Å². The van der Waals surface area contributed by atoms with Crippen molar-refractivity contribution in [1.29, 1.82) is 0 Å². The standard InChI is InChI=1S/C30H48O16S2/c1-14(2)9-22(32)40-25-24(42-48-46-44-37)23(41-47-45-43-36)20(13-31)39-28(25)38-17-10-18(27(34)35)19-7-8-30-11-16(15(3)26(30)33)5-6-21(30)29(19,4)12-17/h14-21,23-26,28,31,33,36-37H,5-13H2,1-4H3,(H,34,35)/p-2/t15?,16?,17?,18?,19?,20?,21?,23-,24-,25?,26+,28+,29?,30?/m1/s1. The highest BCUT2D eigenvalue weighted by atomic mass is 32.2. The molecule has 5 aliphatic rings. The fraction of sp³-hybridized carbons (Fsp3) is 0.933. The minimum Gasteiger partial charge on any atom is -0.691 e. The summed E-state index contributed by atoms with van der Waals surface area (Å²) in [6.07, 6.45) is -2.95. The van der Waals surface area contributed by atoms with Crippen LogP contribution in [0.2, 0.25) is 0 Å². The van der Waals surface area contributed by atoms with Crippen molar-refractivity contribution in [1.82, 2.24) is 0 Å². The zero-order valence-electron chi connectivity index (χ0n) is 27.3. The van der Waals surface area contributed by atoms with Gasteiger partial charge in [0.25, 0.3) is 0 Å². The maximum Gasteiger partial charge on any atom is 0.306 e. The number of rotatable bonds is 15. The molecule has 14 atom stereocenters. The van der Waals surface area contributed by atoms with E-state index in [4.69, 9.17) is 22.6 Å². The molecule has 0 amide bonds. The van der Waals surface area contributed by atoms with Gasteiger partial charge in [-0.2, -0.15) is 0 Å². The maximum absolute atomic E-state index is 13.0. The average Bonchev–Trinajstić information content (AvgIpc) is 3.21. The molecule has 1 saturated heterocycles. The van der Waals surface area contributed by atoms with E-state index < -0.39 is 72.8 Å². The van der Waals surface area contributed by atoms with Crippen LogP contribution in [0.5, 0.6) is 0 Å². The van der Waals surface area contributed by atoms with Gasteiger partial charge in [-0.3, -0.25) is 28.0 Å². The molecule has 1 aliphatic heterocycles. The molecule has 4 aliphatic carbocycles. The summed E-state index contributed by atoms with van der Waals surface area (Å²) >= 11 is 0.208. The van der Waals surface area contributed by atoms with E-state index in [1.165, 1.54) is 0 Å². The van der Waals surface area contributed by atoms with Crippen LogP contribution in [0.25, 0.3) is 0 Å². The first-order valence-corrected chi connectivity index (χ1v) is 17.8. The average molecular weight is 727 g/mol. The summed E-state index contributed by atoms with van der Waals surface area (Å²) in [4.78, 5) is 25.9. The molecule has 3 N–H and O–H groups in total. The molecule has 4 saturated carbocycles. The molecule has 10 unspecified atom stereocenters. The van der Waals surface area contributed by atoms with Gasteiger partial charge < -0.3 is 40.0 Å². The Morgan fingerprint density at radius 3 is 2.33 bits per heavy atom. The molecule has 276 valence electrons. The Balaban J connectivity index is 1.45. The van der Waals surface area contributed by atoms with Gasteiger partial charge in [-0.05, 0) is 80.0 Å². The van der Waals surface area contributed by atoms with Crippen LogP contribution in [0.4, 0.5) is 0 Å². The Morgan fingerprint density at radius 1 is 1.02 bits per heavy atom. The molecule has 0 radical (unpaired) electrons. The van der Waals surface area contributed by atoms with Gasteiger partial charge in [0.2, 0.25) is 0 Å². The number of carboxylic acid groups (broad SMARTS) is 1. The first kappa shape index (κ1) is 38.4. The third kappa shape index (κ3) is 7.53. The second-order valence-corrected chi connectivity index (χ2v) is 15.7. The number of carboxylic acids is 1. The quantitative estimate of drug-likeness (QED) is 0.0545. The molecule has 16 nitrogen and oxygen atoms in total. The number of ether oxygens (including phenoxy) is 3. The van der Waals surface area contributed by atoms with Crippen molar-refractivity contribution >= 4 is 36.6 Å². The molecule has 48 heavy (non-hydrogen) atoms. The van der Waals surface area contributed by atoms with Gasteiger partial charge in [-0.15, -0.1) is 8.67 Å². The van der Waals surface area contributed by atoms with E-state index in [0.29, 0.717) is 18.8 Å². The van der Waals surface area contributed by atoms with Crippen molar-refractivity contribution in [3.8, 4) is 0 Å². The molecule has 5 fully saturated rings. The number of aliphatic hydroxyl groups excluding tert-OH is 2. The number of hydrogen-bond acceptors (Lipinski definition) is 17. The van der Waals surface area contributed by atoms with Crippen LogP contribution in [0.1, 0.15) is 79.1 Å². The molecule has 0 aromatic heterocycles. The van der Waals surface area contributed by atoms with Gasteiger partial charge in [0, 0.05) is 11.8 Å². The minimum atomic E-state index is -1.40. The van der Waals surface area contributed by atoms with Crippen molar-refractivity contribution in [2.75, 3.05) is 6.61 Å². The smallest absolute Gasteiger partial charge is 0.306 e. The van der Waals surface area contributed by atoms with Crippen LogP contribution >= 0.6 is 24.6 Å².